The van der Waals surface area contributed by atoms with Crippen molar-refractivity contribution < 1.29 is 228 Å². The van der Waals surface area contributed by atoms with Crippen LogP contribution in [-0.4, -0.2) is 225 Å². The van der Waals surface area contributed by atoms with Crippen molar-refractivity contribution in [2.24, 2.45) is 0 Å². The number of carbonyl (C=O) groups excluding carboxylic acids is 10. The Morgan fingerprint density at radius 2 is 0.377 bits per heavy atom. The molecule has 0 bridgehead atoms. The first-order chi connectivity index (χ1) is 57.4. The Labute approximate surface area is 671 Å². The van der Waals surface area contributed by atoms with E-state index in [2.05, 4.69) is 0 Å². The number of ether oxygens (including phenoxy) is 11. The molecule has 0 aliphatic carbocycles. The predicted octanol–water partition coefficient (Wildman–Crippen LogP) is 4.84. The first kappa shape index (κ1) is 84.8. The fraction of sp³-hybridized carbons (Fsp3) is 0.0789. The number of carbonyl (C=O) groups is 10. The quantitative estimate of drug-likeness (QED) is 0.0198. The van der Waals surface area contributed by atoms with Crippen LogP contribution in [0.4, 0.5) is 0 Å². The van der Waals surface area contributed by atoms with Gasteiger partial charge in [-0.25, -0.2) is 47.9 Å². The van der Waals surface area contributed by atoms with E-state index in [9.17, 15) is 161 Å². The first-order valence-electron chi connectivity index (χ1n) is 33.2. The van der Waals surface area contributed by atoms with E-state index in [4.69, 9.17) is 52.1 Å². The molecule has 1 fully saturated rings. The largest absolute Gasteiger partial charge is 0.504 e. The summed E-state index contributed by atoms with van der Waals surface area (Å²) in [6.45, 7) is -1.71. The third kappa shape index (κ3) is 17.6. The number of phenols is 25. The van der Waals surface area contributed by atoms with Gasteiger partial charge < -0.3 is 180 Å². The van der Waals surface area contributed by atoms with E-state index in [1.165, 1.54) is 0 Å². The van der Waals surface area contributed by atoms with Gasteiger partial charge in [-0.1, -0.05) is 0 Å². The molecule has 1 saturated heterocycles. The van der Waals surface area contributed by atoms with Crippen LogP contribution in [0.2, 0.25) is 0 Å². The second kappa shape index (κ2) is 33.4. The summed E-state index contributed by atoms with van der Waals surface area (Å²) in [4.78, 5) is 142. The zero-order valence-corrected chi connectivity index (χ0v) is 59.9. The number of benzene rings is 10. The van der Waals surface area contributed by atoms with Gasteiger partial charge in [0.1, 0.15) is 12.7 Å². The van der Waals surface area contributed by atoms with Gasteiger partial charge in [0.25, 0.3) is 0 Å². The molecule has 0 saturated carbocycles. The van der Waals surface area contributed by atoms with E-state index >= 15 is 14.4 Å². The van der Waals surface area contributed by atoms with Crippen molar-refractivity contribution in [3.05, 3.63) is 177 Å². The summed E-state index contributed by atoms with van der Waals surface area (Å²) in [5, 5.41) is 261. The first-order valence-corrected chi connectivity index (χ1v) is 33.2. The minimum atomic E-state index is -3.12. The van der Waals surface area contributed by atoms with Crippen molar-refractivity contribution in [1.29, 1.82) is 0 Å². The molecule has 1 aliphatic rings. The van der Waals surface area contributed by atoms with Gasteiger partial charge in [-0.15, -0.1) is 0 Å². The number of hydrogen-bond acceptors (Lipinski definition) is 46. The highest BCUT2D eigenvalue weighted by molar-refractivity contribution is 6.00. The van der Waals surface area contributed by atoms with E-state index < -0.39 is 325 Å². The molecule has 122 heavy (non-hydrogen) atoms. The number of rotatable bonds is 21. The lowest BCUT2D eigenvalue weighted by Crippen LogP contribution is -2.63. The van der Waals surface area contributed by atoms with Crippen LogP contribution in [0.5, 0.6) is 172 Å². The highest BCUT2D eigenvalue weighted by Gasteiger charge is 2.55. The normalized spacial score (nSPS) is 14.6. The molecular weight excluding hydrogens is 1650 g/mol. The van der Waals surface area contributed by atoms with E-state index in [0.29, 0.717) is 121 Å². The molecule has 0 radical (unpaired) electrons. The maximum absolute atomic E-state index is 15.3. The lowest BCUT2D eigenvalue weighted by molar-refractivity contribution is -0.282. The fourth-order valence-electron chi connectivity index (χ4n) is 10.8. The molecule has 46 nitrogen and oxygen atoms in total. The van der Waals surface area contributed by atoms with E-state index in [1.807, 2.05) is 0 Å². The molecular formula is C76H52O46. The maximum atomic E-state index is 15.3. The summed E-state index contributed by atoms with van der Waals surface area (Å²) in [5.41, 5.74) is -9.89. The molecule has 25 N–H and O–H groups in total. The highest BCUT2D eigenvalue weighted by atomic mass is 16.8. The van der Waals surface area contributed by atoms with Crippen molar-refractivity contribution in [2.45, 2.75) is 30.7 Å². The number of aromatic hydroxyl groups is 25. The second-order valence-electron chi connectivity index (χ2n) is 25.1. The van der Waals surface area contributed by atoms with E-state index in [-0.39, 0.29) is 0 Å². The molecule has 2 unspecified atom stereocenters. The van der Waals surface area contributed by atoms with Crippen molar-refractivity contribution in [3.8, 4) is 172 Å². The molecule has 632 valence electrons. The minimum Gasteiger partial charge on any atom is -0.504 e. The van der Waals surface area contributed by atoms with E-state index in [0.717, 1.165) is 0 Å². The standard InChI is InChI=1S/C76H52O46/c77-32-1-22(2-33(78)53(32)92)67(103)113-47-16-27(11-42(87)58(47)97)66(102)112-21-52-63(119-72(108)28-12-43(88)59(98)48(17-28)114-68(104)23-3-34(79)54(93)35(80)4-23)64(120-73(109)29-13-44(89)60(99)49(18-29)115-69(105)24-5-36(81)55(94)37(82)6-24)65(121-74(110)30-14-45(90)61(100)50(19-30)116-70(106)25-7-38(83)56(95)39(84)8-25)76(118-52)122-75(111)31-15-46(91)62(101)51(20-31)117-71(107)26-9-40(85)57(96)41(86)10-26/h1-20,52,63-65,76-101H,21H2/t52-,63-,64+,65?,76?/m1/s1. The van der Waals surface area contributed by atoms with Crippen LogP contribution >= 0.6 is 0 Å². The van der Waals surface area contributed by atoms with Crippen molar-refractivity contribution in [2.75, 3.05) is 6.61 Å². The van der Waals surface area contributed by atoms with Crippen LogP contribution < -0.4 is 23.7 Å². The average molecular weight is 1700 g/mol. The Bertz CT molecular complexity index is 5970. The van der Waals surface area contributed by atoms with Gasteiger partial charge in [-0.2, -0.15) is 0 Å². The Kier molecular flexibility index (Phi) is 23.2. The molecule has 46 heteroatoms. The van der Waals surface area contributed by atoms with Gasteiger partial charge in [0.05, 0.1) is 55.6 Å². The lowest BCUT2D eigenvalue weighted by atomic mass is 9.97. The average Bonchev–Trinajstić information content (AvgIpc) is 0.764. The lowest BCUT2D eigenvalue weighted by Gasteiger charge is -2.43. The Morgan fingerprint density at radius 3 is 0.598 bits per heavy atom. The predicted molar refractivity (Wildman–Crippen MR) is 383 cm³/mol. The second-order valence-corrected chi connectivity index (χ2v) is 25.1. The summed E-state index contributed by atoms with van der Waals surface area (Å²) in [7, 11) is 0. The summed E-state index contributed by atoms with van der Waals surface area (Å²) in [6, 6.07) is 8.56. The van der Waals surface area contributed by atoms with Crippen LogP contribution in [0.25, 0.3) is 0 Å². The molecule has 0 amide bonds. The molecule has 1 heterocycles. The summed E-state index contributed by atoms with van der Waals surface area (Å²) < 4.78 is 60.4. The molecule has 1 aliphatic heterocycles. The fourth-order valence-corrected chi connectivity index (χ4v) is 10.8. The third-order valence-corrected chi connectivity index (χ3v) is 16.9. The van der Waals surface area contributed by atoms with Crippen LogP contribution in [0.1, 0.15) is 104 Å². The Hall–Kier alpha value is -18.1. The summed E-state index contributed by atoms with van der Waals surface area (Å²) in [5.74, 6) is -56.0. The zero-order chi connectivity index (χ0) is 89.4. The minimum absolute atomic E-state index is 0.295. The number of hydrogen-bond donors (Lipinski definition) is 25. The Balaban J connectivity index is 1.09. The molecule has 0 aromatic heterocycles. The molecule has 10 aromatic carbocycles. The monoisotopic (exact) mass is 1700 g/mol. The number of phenolic OH excluding ortho intramolecular Hbond substituents is 25. The topological polar surface area (TPSA) is 778 Å². The third-order valence-electron chi connectivity index (χ3n) is 16.9. The molecule has 11 rings (SSSR count). The van der Waals surface area contributed by atoms with Crippen LogP contribution in [0.15, 0.2) is 121 Å². The van der Waals surface area contributed by atoms with Gasteiger partial charge in [-0.3, -0.25) is 0 Å². The van der Waals surface area contributed by atoms with Crippen molar-refractivity contribution in [3.63, 3.8) is 0 Å². The van der Waals surface area contributed by atoms with Crippen molar-refractivity contribution >= 4 is 59.7 Å². The van der Waals surface area contributed by atoms with Gasteiger partial charge in [0, 0.05) is 0 Å². The van der Waals surface area contributed by atoms with Gasteiger partial charge in [0.15, 0.2) is 156 Å². The number of esters is 10. The Morgan fingerprint density at radius 1 is 0.205 bits per heavy atom. The maximum Gasteiger partial charge on any atom is 0.343 e. The summed E-state index contributed by atoms with van der Waals surface area (Å²) >= 11 is 0. The van der Waals surface area contributed by atoms with Crippen LogP contribution in [-0.2, 0) is 28.4 Å². The molecule has 10 aromatic rings. The van der Waals surface area contributed by atoms with Crippen LogP contribution in [0, 0.1) is 0 Å². The van der Waals surface area contributed by atoms with Crippen LogP contribution in [0.3, 0.4) is 0 Å². The smallest absolute Gasteiger partial charge is 0.343 e. The van der Waals surface area contributed by atoms with Crippen molar-refractivity contribution in [1.82, 2.24) is 0 Å². The molecule has 0 spiro atoms. The van der Waals surface area contributed by atoms with Gasteiger partial charge in [-0.05, 0) is 121 Å². The van der Waals surface area contributed by atoms with Gasteiger partial charge >= 0.3 is 59.7 Å². The highest BCUT2D eigenvalue weighted by Crippen LogP contribution is 2.48. The zero-order valence-electron chi connectivity index (χ0n) is 59.9. The SMILES string of the molecule is O=C(OC[C@H]1OC(OC(=O)c2cc(O)c(O)c(OC(=O)c3cc(O)c(O)c(O)c3)c2)C(OC(=O)c2cc(O)c(O)c(OC(=O)c3cc(O)c(O)c(O)c3)c2)[C@@H](OC(=O)c2cc(O)c(O)c(OC(=O)c3cc(O)c(O)c(O)c3)c2)[C@@H]1OC(=O)c1cc(O)c(O)c(OC(=O)c2cc(O)c(O)c(O)c2)c1)c1cc(O)c(O)c(OC(=O)c2cc(O)c(O)c(O)c2)c1. The summed E-state index contributed by atoms with van der Waals surface area (Å²) in [6.07, 6.45) is -15.1. The molecule has 5 atom stereocenters. The van der Waals surface area contributed by atoms with Gasteiger partial charge in [0.2, 0.25) is 41.1 Å². The van der Waals surface area contributed by atoms with E-state index in [1.54, 1.807) is 0 Å².